The minimum Gasteiger partial charge on any atom is -0.377 e. The summed E-state index contributed by atoms with van der Waals surface area (Å²) in [5, 5.41) is 12.2. The van der Waals surface area contributed by atoms with Gasteiger partial charge in [-0.25, -0.2) is 9.97 Å². The molecule has 2 aliphatic heterocycles. The van der Waals surface area contributed by atoms with Crippen molar-refractivity contribution in [2.45, 2.75) is 25.4 Å². The van der Waals surface area contributed by atoms with E-state index in [4.69, 9.17) is 19.9 Å². The standard InChI is InChI=1S/C30H36N8O7/c31-17-45-12-11-44-10-9-43-8-7-32-27(40)15-33-20-3-4-22-24(14-20)34-18-35-28(22)36-21-2-1-19-16-38(30(42)23(19)13-21)25-5-6-26(39)37-29(25)41/h1-4,13-14,18,25,33H,5-12,15-17,31H2,(H,32,40)(H,34,35,36)(H,37,39,41). The number of rotatable bonds is 16. The number of fused-ring (bicyclic) bond motifs is 2. The maximum Gasteiger partial charge on any atom is 0.255 e. The van der Waals surface area contributed by atoms with E-state index in [9.17, 15) is 19.2 Å². The van der Waals surface area contributed by atoms with Crippen molar-refractivity contribution in [3.63, 3.8) is 0 Å². The second-order valence-corrected chi connectivity index (χ2v) is 10.4. The van der Waals surface area contributed by atoms with Gasteiger partial charge in [-0.05, 0) is 42.3 Å². The Morgan fingerprint density at radius 3 is 2.56 bits per heavy atom. The van der Waals surface area contributed by atoms with Crippen molar-refractivity contribution >= 4 is 51.7 Å². The average molecular weight is 621 g/mol. The first-order valence-electron chi connectivity index (χ1n) is 14.7. The van der Waals surface area contributed by atoms with Gasteiger partial charge in [-0.15, -0.1) is 0 Å². The summed E-state index contributed by atoms with van der Waals surface area (Å²) < 4.78 is 15.7. The summed E-state index contributed by atoms with van der Waals surface area (Å²) in [6.45, 7) is 3.04. The number of imide groups is 1. The Bertz CT molecular complexity index is 1550. The van der Waals surface area contributed by atoms with Gasteiger partial charge >= 0.3 is 0 Å². The van der Waals surface area contributed by atoms with E-state index in [-0.39, 0.29) is 37.4 Å². The van der Waals surface area contributed by atoms with E-state index in [0.717, 1.165) is 10.9 Å². The molecule has 1 atom stereocenters. The van der Waals surface area contributed by atoms with Crippen LogP contribution in [0.15, 0.2) is 42.7 Å². The molecule has 0 aliphatic carbocycles. The summed E-state index contributed by atoms with van der Waals surface area (Å²) in [6.07, 6.45) is 1.95. The Balaban J connectivity index is 1.10. The van der Waals surface area contributed by atoms with Crippen LogP contribution in [-0.4, -0.2) is 97.4 Å². The third-order valence-corrected chi connectivity index (χ3v) is 7.31. The van der Waals surface area contributed by atoms with Crippen LogP contribution >= 0.6 is 0 Å². The van der Waals surface area contributed by atoms with Gasteiger partial charge < -0.3 is 40.8 Å². The van der Waals surface area contributed by atoms with Crippen LogP contribution in [0.3, 0.4) is 0 Å². The number of benzene rings is 2. The number of ether oxygens (including phenoxy) is 3. The van der Waals surface area contributed by atoms with Crippen molar-refractivity contribution in [2.24, 2.45) is 5.73 Å². The predicted molar refractivity (Wildman–Crippen MR) is 163 cm³/mol. The number of anilines is 3. The molecule has 1 fully saturated rings. The maximum absolute atomic E-state index is 13.2. The minimum absolute atomic E-state index is 0.0744. The van der Waals surface area contributed by atoms with Crippen molar-refractivity contribution in [2.75, 3.05) is 63.5 Å². The number of carbonyl (C=O) groups is 4. The number of nitrogens with two attached hydrogens (primary N) is 1. The molecule has 5 rings (SSSR count). The molecular formula is C30H36N8O7. The molecule has 0 bridgehead atoms. The van der Waals surface area contributed by atoms with Crippen molar-refractivity contribution in [3.8, 4) is 0 Å². The number of amides is 4. The molecule has 15 nitrogen and oxygen atoms in total. The fraction of sp³-hybridized carbons (Fsp3) is 0.400. The zero-order chi connectivity index (χ0) is 31.6. The lowest BCUT2D eigenvalue weighted by molar-refractivity contribution is -0.137. The topological polar surface area (TPSA) is 199 Å². The highest BCUT2D eigenvalue weighted by Crippen LogP contribution is 2.31. The van der Waals surface area contributed by atoms with Crippen LogP contribution in [0.25, 0.3) is 10.9 Å². The first kappa shape index (κ1) is 31.7. The molecule has 0 spiro atoms. The number of nitrogens with one attached hydrogen (secondary N) is 4. The highest BCUT2D eigenvalue weighted by atomic mass is 16.5. The van der Waals surface area contributed by atoms with Crippen LogP contribution in [0.2, 0.25) is 0 Å². The molecule has 1 unspecified atom stereocenters. The summed E-state index contributed by atoms with van der Waals surface area (Å²) >= 11 is 0. The van der Waals surface area contributed by atoms with E-state index < -0.39 is 11.9 Å². The third-order valence-electron chi connectivity index (χ3n) is 7.31. The SMILES string of the molecule is NCOCCOCCOCCNC(=O)CNc1ccc2c(Nc3ccc4c(c3)C(=O)N(C3CCC(=O)NC3=O)C4)ncnc2c1. The van der Waals surface area contributed by atoms with Crippen molar-refractivity contribution < 1.29 is 33.4 Å². The monoisotopic (exact) mass is 620 g/mol. The Labute approximate surface area is 259 Å². The fourth-order valence-electron chi connectivity index (χ4n) is 5.07. The van der Waals surface area contributed by atoms with E-state index in [2.05, 4.69) is 31.2 Å². The van der Waals surface area contributed by atoms with Gasteiger partial charge in [-0.2, -0.15) is 0 Å². The number of carbonyl (C=O) groups excluding carboxylic acids is 4. The molecule has 4 amide bonds. The van der Waals surface area contributed by atoms with Crippen molar-refractivity contribution in [1.82, 2.24) is 25.5 Å². The third kappa shape index (κ3) is 8.27. The summed E-state index contributed by atoms with van der Waals surface area (Å²) in [5.74, 6) is -0.648. The van der Waals surface area contributed by atoms with Gasteiger partial charge in [0.15, 0.2) is 0 Å². The van der Waals surface area contributed by atoms with E-state index in [1.807, 2.05) is 30.3 Å². The second kappa shape index (κ2) is 15.3. The van der Waals surface area contributed by atoms with E-state index in [1.165, 1.54) is 11.2 Å². The maximum atomic E-state index is 13.2. The molecule has 2 aliphatic rings. The zero-order valence-electron chi connectivity index (χ0n) is 24.7. The summed E-state index contributed by atoms with van der Waals surface area (Å²) in [5.41, 5.74) is 8.55. The Morgan fingerprint density at radius 1 is 0.978 bits per heavy atom. The largest absolute Gasteiger partial charge is 0.377 e. The van der Waals surface area contributed by atoms with Gasteiger partial charge in [-0.1, -0.05) is 6.07 Å². The fourth-order valence-corrected chi connectivity index (χ4v) is 5.07. The van der Waals surface area contributed by atoms with Crippen LogP contribution < -0.4 is 27.0 Å². The quantitative estimate of drug-likeness (QED) is 0.0851. The van der Waals surface area contributed by atoms with Gasteiger partial charge in [0.1, 0.15) is 18.2 Å². The number of hydrogen-bond acceptors (Lipinski definition) is 12. The molecule has 1 aromatic heterocycles. The highest BCUT2D eigenvalue weighted by molar-refractivity contribution is 6.06. The molecule has 1 saturated heterocycles. The van der Waals surface area contributed by atoms with Crippen LogP contribution in [-0.2, 0) is 35.1 Å². The number of aromatic nitrogens is 2. The van der Waals surface area contributed by atoms with E-state index in [0.29, 0.717) is 80.8 Å². The van der Waals surface area contributed by atoms with Gasteiger partial charge in [0.05, 0.1) is 51.8 Å². The molecule has 3 aromatic rings. The average Bonchev–Trinajstić information content (AvgIpc) is 3.36. The Hall–Kier alpha value is -4.70. The molecule has 2 aromatic carbocycles. The van der Waals surface area contributed by atoms with Gasteiger partial charge in [0.25, 0.3) is 5.91 Å². The Kier molecular flexibility index (Phi) is 10.8. The summed E-state index contributed by atoms with van der Waals surface area (Å²) in [6, 6.07) is 10.3. The lowest BCUT2D eigenvalue weighted by Crippen LogP contribution is -2.52. The first-order valence-corrected chi connectivity index (χ1v) is 14.7. The highest BCUT2D eigenvalue weighted by Gasteiger charge is 2.39. The van der Waals surface area contributed by atoms with Crippen LogP contribution in [0.4, 0.5) is 17.2 Å². The van der Waals surface area contributed by atoms with E-state index >= 15 is 0 Å². The minimum atomic E-state index is -0.670. The zero-order valence-corrected chi connectivity index (χ0v) is 24.7. The van der Waals surface area contributed by atoms with Crippen LogP contribution in [0.5, 0.6) is 0 Å². The molecule has 0 saturated carbocycles. The molecule has 238 valence electrons. The summed E-state index contributed by atoms with van der Waals surface area (Å²) in [7, 11) is 0. The number of nitrogens with zero attached hydrogens (tertiary/aromatic N) is 3. The predicted octanol–water partition coefficient (Wildman–Crippen LogP) is 0.629. The van der Waals surface area contributed by atoms with Gasteiger partial charge in [-0.3, -0.25) is 24.5 Å². The molecular weight excluding hydrogens is 584 g/mol. The molecule has 3 heterocycles. The second-order valence-electron chi connectivity index (χ2n) is 10.4. The van der Waals surface area contributed by atoms with Gasteiger partial charge in [0.2, 0.25) is 17.7 Å². The van der Waals surface area contributed by atoms with Crippen LogP contribution in [0, 0.1) is 0 Å². The Morgan fingerprint density at radius 2 is 1.76 bits per heavy atom. The smallest absolute Gasteiger partial charge is 0.255 e. The van der Waals surface area contributed by atoms with Crippen LogP contribution in [0.1, 0.15) is 28.8 Å². The molecule has 15 heteroatoms. The normalized spacial score (nSPS) is 16.1. The molecule has 0 radical (unpaired) electrons. The molecule has 45 heavy (non-hydrogen) atoms. The summed E-state index contributed by atoms with van der Waals surface area (Å²) in [4.78, 5) is 59.6. The van der Waals surface area contributed by atoms with Crippen molar-refractivity contribution in [1.29, 1.82) is 0 Å². The molecule has 6 N–H and O–H groups in total. The van der Waals surface area contributed by atoms with Gasteiger partial charge in [0, 0.05) is 41.8 Å². The first-order chi connectivity index (χ1) is 21.9. The lowest BCUT2D eigenvalue weighted by Gasteiger charge is -2.29. The lowest BCUT2D eigenvalue weighted by atomic mass is 10.0. The number of piperidine rings is 1. The van der Waals surface area contributed by atoms with E-state index in [1.54, 1.807) is 6.07 Å². The van der Waals surface area contributed by atoms with Crippen molar-refractivity contribution in [3.05, 3.63) is 53.9 Å². The number of hydrogen-bond donors (Lipinski definition) is 5.